The van der Waals surface area contributed by atoms with Crippen molar-refractivity contribution < 1.29 is 4.79 Å². The Kier molecular flexibility index (Phi) is 4.23. The fourth-order valence-corrected chi connectivity index (χ4v) is 4.63. The first-order valence-corrected chi connectivity index (χ1v) is 9.84. The predicted molar refractivity (Wildman–Crippen MR) is 113 cm³/mol. The molecule has 2 aromatic heterocycles. The topological polar surface area (TPSA) is 34.4 Å². The quantitative estimate of drug-likeness (QED) is 0.407. The molecule has 0 fully saturated rings. The van der Waals surface area contributed by atoms with Gasteiger partial charge >= 0.3 is 0 Å². The molecule has 0 amide bonds. The predicted octanol–water partition coefficient (Wildman–Crippen LogP) is 6.08. The van der Waals surface area contributed by atoms with E-state index in [9.17, 15) is 4.79 Å². The number of thiazole rings is 1. The summed E-state index contributed by atoms with van der Waals surface area (Å²) in [6, 6.07) is 12.7. The molecule has 2 heterocycles. The van der Waals surface area contributed by atoms with E-state index in [0.717, 1.165) is 33.8 Å². The lowest BCUT2D eigenvalue weighted by Gasteiger charge is -2.09. The van der Waals surface area contributed by atoms with Crippen LogP contribution in [0.1, 0.15) is 37.6 Å². The Hall–Kier alpha value is -2.72. The molecule has 0 N–H and O–H groups in total. The summed E-state index contributed by atoms with van der Waals surface area (Å²) in [6.45, 7) is 10.5. The van der Waals surface area contributed by atoms with Crippen LogP contribution in [0.25, 0.3) is 27.5 Å². The van der Waals surface area contributed by atoms with Gasteiger partial charge in [-0.2, -0.15) is 0 Å². The Labute approximate surface area is 163 Å². The van der Waals surface area contributed by atoms with Gasteiger partial charge in [0.2, 0.25) is 0 Å². The Bertz CT molecular complexity index is 1200. The van der Waals surface area contributed by atoms with Crippen molar-refractivity contribution in [2.75, 3.05) is 0 Å². The zero-order valence-corrected chi connectivity index (χ0v) is 17.1. The molecule has 0 unspecified atom stereocenters. The number of hydrogen-bond acceptors (Lipinski definition) is 3. The van der Waals surface area contributed by atoms with Crippen molar-refractivity contribution in [1.82, 2.24) is 9.38 Å². The third-order valence-electron chi connectivity index (χ3n) is 5.21. The first-order chi connectivity index (χ1) is 12.9. The van der Waals surface area contributed by atoms with Gasteiger partial charge in [-0.25, -0.2) is 4.98 Å². The number of fused-ring (bicyclic) bond motifs is 1. The molecule has 0 spiro atoms. The second-order valence-electron chi connectivity index (χ2n) is 7.21. The van der Waals surface area contributed by atoms with Crippen LogP contribution in [-0.4, -0.2) is 15.7 Å². The highest BCUT2D eigenvalue weighted by Crippen LogP contribution is 2.37. The van der Waals surface area contributed by atoms with Crippen LogP contribution in [-0.2, 0) is 0 Å². The Morgan fingerprint density at radius 2 is 1.70 bits per heavy atom. The number of aryl methyl sites for hydroxylation is 5. The number of carbonyl (C=O) groups excluding carboxylic acids is 1. The molecular weight excluding hydrogens is 352 g/mol. The van der Waals surface area contributed by atoms with E-state index in [2.05, 4.69) is 65.0 Å². The van der Waals surface area contributed by atoms with Gasteiger partial charge in [0.1, 0.15) is 11.4 Å². The number of imidazole rings is 1. The number of nitrogens with zero attached hydrogens (tertiary/aromatic N) is 2. The fourth-order valence-electron chi connectivity index (χ4n) is 3.64. The second kappa shape index (κ2) is 6.46. The third-order valence-corrected chi connectivity index (χ3v) is 6.17. The first-order valence-electron chi connectivity index (χ1n) is 9.03. The van der Waals surface area contributed by atoms with E-state index in [0.29, 0.717) is 5.69 Å². The highest BCUT2D eigenvalue weighted by Gasteiger charge is 2.21. The minimum atomic E-state index is 0.618. The van der Waals surface area contributed by atoms with E-state index < -0.39 is 0 Å². The average Bonchev–Trinajstić information content (AvgIpc) is 3.12. The van der Waals surface area contributed by atoms with Gasteiger partial charge in [-0.3, -0.25) is 9.20 Å². The number of carbonyl (C=O) groups is 1. The van der Waals surface area contributed by atoms with Gasteiger partial charge in [0.15, 0.2) is 11.2 Å². The van der Waals surface area contributed by atoms with Crippen LogP contribution in [0.2, 0.25) is 0 Å². The van der Waals surface area contributed by atoms with Gasteiger partial charge in [-0.05, 0) is 57.4 Å². The van der Waals surface area contributed by atoms with Gasteiger partial charge in [0.05, 0.1) is 5.69 Å². The minimum Gasteiger partial charge on any atom is -0.296 e. The van der Waals surface area contributed by atoms with Crippen molar-refractivity contribution in [3.63, 3.8) is 0 Å². The molecule has 3 nitrogen and oxygen atoms in total. The lowest BCUT2D eigenvalue weighted by atomic mass is 10.0. The van der Waals surface area contributed by atoms with Crippen molar-refractivity contribution in [1.29, 1.82) is 0 Å². The standard InChI is InChI=1S/C23H22N2OS/c1-13-6-9-19(16(4)10-13)22-17(5)27-23-24-21(20(12-26)25(22)23)18-8-7-14(2)15(3)11-18/h6-12H,1-5H3. The zero-order chi connectivity index (χ0) is 19.3. The summed E-state index contributed by atoms with van der Waals surface area (Å²) in [5.41, 5.74) is 9.45. The summed E-state index contributed by atoms with van der Waals surface area (Å²) >= 11 is 1.63. The van der Waals surface area contributed by atoms with Crippen molar-refractivity contribution >= 4 is 22.6 Å². The Balaban J connectivity index is 2.02. The van der Waals surface area contributed by atoms with Gasteiger partial charge in [0, 0.05) is 16.0 Å². The van der Waals surface area contributed by atoms with E-state index in [1.165, 1.54) is 27.1 Å². The van der Waals surface area contributed by atoms with Gasteiger partial charge in [0.25, 0.3) is 0 Å². The van der Waals surface area contributed by atoms with Crippen LogP contribution in [0.3, 0.4) is 0 Å². The highest BCUT2D eigenvalue weighted by atomic mass is 32.1. The van der Waals surface area contributed by atoms with Crippen molar-refractivity contribution in [3.8, 4) is 22.5 Å². The summed E-state index contributed by atoms with van der Waals surface area (Å²) in [5.74, 6) is 0. The van der Waals surface area contributed by atoms with Crippen molar-refractivity contribution in [3.05, 3.63) is 69.2 Å². The highest BCUT2D eigenvalue weighted by molar-refractivity contribution is 7.17. The van der Waals surface area contributed by atoms with Crippen LogP contribution in [0.15, 0.2) is 36.4 Å². The minimum absolute atomic E-state index is 0.618. The summed E-state index contributed by atoms with van der Waals surface area (Å²) in [5, 5.41) is 0. The molecular formula is C23H22N2OS. The van der Waals surface area contributed by atoms with Crippen molar-refractivity contribution in [2.24, 2.45) is 0 Å². The molecule has 136 valence electrons. The number of aromatic nitrogens is 2. The molecule has 4 rings (SSSR count). The number of rotatable bonds is 3. The van der Waals surface area contributed by atoms with E-state index in [1.807, 2.05) is 10.5 Å². The Morgan fingerprint density at radius 3 is 2.37 bits per heavy atom. The molecule has 4 aromatic rings. The van der Waals surface area contributed by atoms with Crippen LogP contribution in [0.5, 0.6) is 0 Å². The molecule has 0 aliphatic heterocycles. The molecule has 2 aromatic carbocycles. The summed E-state index contributed by atoms with van der Waals surface area (Å²) < 4.78 is 2.02. The van der Waals surface area contributed by atoms with Crippen LogP contribution in [0, 0.1) is 34.6 Å². The lowest BCUT2D eigenvalue weighted by molar-refractivity contribution is 0.111. The Morgan fingerprint density at radius 1 is 0.926 bits per heavy atom. The number of hydrogen-bond donors (Lipinski definition) is 0. The van der Waals surface area contributed by atoms with Gasteiger partial charge in [-0.15, -0.1) is 11.3 Å². The maximum Gasteiger partial charge on any atom is 0.195 e. The van der Waals surface area contributed by atoms with Crippen LogP contribution < -0.4 is 0 Å². The molecule has 0 aliphatic rings. The smallest absolute Gasteiger partial charge is 0.195 e. The SMILES string of the molecule is Cc1ccc(-c2c(C)sc3nc(-c4ccc(C)c(C)c4)c(C=O)n23)c(C)c1. The maximum absolute atomic E-state index is 12.1. The molecule has 0 bridgehead atoms. The summed E-state index contributed by atoms with van der Waals surface area (Å²) in [7, 11) is 0. The molecule has 0 atom stereocenters. The molecule has 0 radical (unpaired) electrons. The molecule has 27 heavy (non-hydrogen) atoms. The second-order valence-corrected chi connectivity index (χ2v) is 8.39. The van der Waals surface area contributed by atoms with E-state index in [1.54, 1.807) is 11.3 Å². The van der Waals surface area contributed by atoms with Gasteiger partial charge in [-0.1, -0.05) is 35.9 Å². The van der Waals surface area contributed by atoms with E-state index >= 15 is 0 Å². The van der Waals surface area contributed by atoms with Crippen LogP contribution in [0.4, 0.5) is 0 Å². The molecule has 0 saturated heterocycles. The van der Waals surface area contributed by atoms with Crippen LogP contribution >= 0.6 is 11.3 Å². The zero-order valence-electron chi connectivity index (χ0n) is 16.3. The maximum atomic E-state index is 12.1. The summed E-state index contributed by atoms with van der Waals surface area (Å²) in [4.78, 5) is 19.0. The summed E-state index contributed by atoms with van der Waals surface area (Å²) in [6.07, 6.45) is 0.934. The molecule has 0 saturated carbocycles. The van der Waals surface area contributed by atoms with Crippen molar-refractivity contribution in [2.45, 2.75) is 34.6 Å². The van der Waals surface area contributed by atoms with E-state index in [-0.39, 0.29) is 0 Å². The largest absolute Gasteiger partial charge is 0.296 e. The lowest BCUT2D eigenvalue weighted by Crippen LogP contribution is -1.97. The molecule has 0 aliphatic carbocycles. The number of benzene rings is 2. The normalized spacial score (nSPS) is 11.3. The van der Waals surface area contributed by atoms with Gasteiger partial charge < -0.3 is 0 Å². The first kappa shape index (κ1) is 17.7. The fraction of sp³-hybridized carbons (Fsp3) is 0.217. The third kappa shape index (κ3) is 2.81. The van der Waals surface area contributed by atoms with E-state index in [4.69, 9.17) is 4.98 Å². The monoisotopic (exact) mass is 374 g/mol. The number of aldehydes is 1. The molecule has 4 heteroatoms. The average molecular weight is 375 g/mol.